The molecular formula is C13H22OSi. The second-order valence-electron chi connectivity index (χ2n) is 4.91. The van der Waals surface area contributed by atoms with Crippen LogP contribution >= 0.6 is 0 Å². The SMILES string of the molecule is CC(C)O[Si](C)(C)CCc1ccccc1. The van der Waals surface area contributed by atoms with Gasteiger partial charge >= 0.3 is 0 Å². The maximum absolute atomic E-state index is 6.00. The highest BCUT2D eigenvalue weighted by Gasteiger charge is 2.23. The summed E-state index contributed by atoms with van der Waals surface area (Å²) in [5.41, 5.74) is 1.42. The highest BCUT2D eigenvalue weighted by molar-refractivity contribution is 6.71. The van der Waals surface area contributed by atoms with Crippen LogP contribution in [0.3, 0.4) is 0 Å². The average molecular weight is 222 g/mol. The lowest BCUT2D eigenvalue weighted by molar-refractivity contribution is 0.231. The minimum atomic E-state index is -1.45. The lowest BCUT2D eigenvalue weighted by Crippen LogP contribution is -2.33. The van der Waals surface area contributed by atoms with Crippen molar-refractivity contribution in [3.05, 3.63) is 35.9 Å². The van der Waals surface area contributed by atoms with Crippen LogP contribution in [0.25, 0.3) is 0 Å². The van der Waals surface area contributed by atoms with Gasteiger partial charge in [0.15, 0.2) is 8.32 Å². The summed E-state index contributed by atoms with van der Waals surface area (Å²) in [4.78, 5) is 0. The second-order valence-corrected chi connectivity index (χ2v) is 9.17. The van der Waals surface area contributed by atoms with Crippen molar-refractivity contribution in [1.82, 2.24) is 0 Å². The van der Waals surface area contributed by atoms with Gasteiger partial charge < -0.3 is 4.43 Å². The van der Waals surface area contributed by atoms with Gasteiger partial charge in [-0.05, 0) is 45.0 Å². The largest absolute Gasteiger partial charge is 0.415 e. The fourth-order valence-corrected chi connectivity index (χ4v) is 4.07. The zero-order valence-electron chi connectivity index (χ0n) is 10.3. The quantitative estimate of drug-likeness (QED) is 0.687. The molecular weight excluding hydrogens is 200 g/mol. The van der Waals surface area contributed by atoms with E-state index in [1.165, 1.54) is 11.6 Å². The van der Waals surface area contributed by atoms with Crippen molar-refractivity contribution in [2.45, 2.75) is 45.5 Å². The van der Waals surface area contributed by atoms with Gasteiger partial charge in [0, 0.05) is 6.10 Å². The summed E-state index contributed by atoms with van der Waals surface area (Å²) in [6, 6.07) is 11.9. The molecule has 0 amide bonds. The van der Waals surface area contributed by atoms with Gasteiger partial charge in [0.25, 0.3) is 0 Å². The Labute approximate surface area is 94.6 Å². The van der Waals surface area contributed by atoms with E-state index in [-0.39, 0.29) is 0 Å². The standard InChI is InChI=1S/C13H22OSi/c1-12(2)14-15(3,4)11-10-13-8-6-5-7-9-13/h5-9,12H,10-11H2,1-4H3. The van der Waals surface area contributed by atoms with E-state index in [1.807, 2.05) is 0 Å². The summed E-state index contributed by atoms with van der Waals surface area (Å²) in [7, 11) is -1.45. The molecule has 0 fully saturated rings. The predicted octanol–water partition coefficient (Wildman–Crippen LogP) is 3.86. The van der Waals surface area contributed by atoms with Gasteiger partial charge in [-0.1, -0.05) is 30.3 Å². The molecule has 0 aliphatic heterocycles. The first-order valence-electron chi connectivity index (χ1n) is 5.71. The molecule has 0 radical (unpaired) electrons. The van der Waals surface area contributed by atoms with Gasteiger partial charge in [0.05, 0.1) is 0 Å². The monoisotopic (exact) mass is 222 g/mol. The Morgan fingerprint density at radius 1 is 1.13 bits per heavy atom. The molecule has 2 heteroatoms. The summed E-state index contributed by atoms with van der Waals surface area (Å²) >= 11 is 0. The smallest absolute Gasteiger partial charge is 0.187 e. The molecule has 15 heavy (non-hydrogen) atoms. The summed E-state index contributed by atoms with van der Waals surface area (Å²) in [6.45, 7) is 8.85. The molecule has 0 atom stereocenters. The Balaban J connectivity index is 2.42. The number of benzene rings is 1. The number of aryl methyl sites for hydroxylation is 1. The van der Waals surface area contributed by atoms with Crippen molar-refractivity contribution in [3.8, 4) is 0 Å². The third-order valence-electron chi connectivity index (χ3n) is 2.41. The maximum atomic E-state index is 6.00. The van der Waals surface area contributed by atoms with Crippen molar-refractivity contribution in [2.75, 3.05) is 0 Å². The van der Waals surface area contributed by atoms with E-state index in [9.17, 15) is 0 Å². The lowest BCUT2D eigenvalue weighted by atomic mass is 10.2. The van der Waals surface area contributed by atoms with Crippen LogP contribution in [0.5, 0.6) is 0 Å². The fraction of sp³-hybridized carbons (Fsp3) is 0.538. The molecule has 0 bridgehead atoms. The molecule has 0 aromatic heterocycles. The summed E-state index contributed by atoms with van der Waals surface area (Å²) in [5, 5.41) is 0. The molecule has 0 saturated carbocycles. The van der Waals surface area contributed by atoms with E-state index in [0.29, 0.717) is 6.10 Å². The molecule has 0 N–H and O–H groups in total. The van der Waals surface area contributed by atoms with Crippen LogP contribution in [0.15, 0.2) is 30.3 Å². The van der Waals surface area contributed by atoms with Crippen molar-refractivity contribution in [2.24, 2.45) is 0 Å². The molecule has 0 heterocycles. The van der Waals surface area contributed by atoms with Crippen LogP contribution in [0.1, 0.15) is 19.4 Å². The Morgan fingerprint density at radius 3 is 2.27 bits per heavy atom. The average Bonchev–Trinajstić information content (AvgIpc) is 2.15. The van der Waals surface area contributed by atoms with Gasteiger partial charge in [0.1, 0.15) is 0 Å². The highest BCUT2D eigenvalue weighted by Crippen LogP contribution is 2.17. The Bertz CT molecular complexity index is 280. The number of hydrogen-bond acceptors (Lipinski definition) is 1. The molecule has 0 aliphatic carbocycles. The summed E-state index contributed by atoms with van der Waals surface area (Å²) in [5.74, 6) is 0. The van der Waals surface area contributed by atoms with Crippen LogP contribution in [0.4, 0.5) is 0 Å². The van der Waals surface area contributed by atoms with Crippen molar-refractivity contribution >= 4 is 8.32 Å². The van der Waals surface area contributed by atoms with E-state index >= 15 is 0 Å². The van der Waals surface area contributed by atoms with Gasteiger partial charge in [0.2, 0.25) is 0 Å². The normalized spacial score (nSPS) is 12.1. The van der Waals surface area contributed by atoms with Crippen LogP contribution < -0.4 is 0 Å². The highest BCUT2D eigenvalue weighted by atomic mass is 28.4. The minimum absolute atomic E-state index is 0.363. The number of rotatable bonds is 5. The first-order valence-corrected chi connectivity index (χ1v) is 8.83. The van der Waals surface area contributed by atoms with Crippen molar-refractivity contribution < 1.29 is 4.43 Å². The molecule has 1 aromatic rings. The van der Waals surface area contributed by atoms with Crippen LogP contribution in [-0.4, -0.2) is 14.4 Å². The van der Waals surface area contributed by atoms with Crippen molar-refractivity contribution in [1.29, 1.82) is 0 Å². The molecule has 1 nitrogen and oxygen atoms in total. The van der Waals surface area contributed by atoms with Gasteiger partial charge in [-0.25, -0.2) is 0 Å². The van der Waals surface area contributed by atoms with E-state index in [4.69, 9.17) is 4.43 Å². The van der Waals surface area contributed by atoms with E-state index < -0.39 is 8.32 Å². The molecule has 0 saturated heterocycles. The third-order valence-corrected chi connectivity index (χ3v) is 4.98. The van der Waals surface area contributed by atoms with E-state index in [1.54, 1.807) is 0 Å². The Kier molecular flexibility index (Phi) is 4.55. The zero-order valence-corrected chi connectivity index (χ0v) is 11.3. The molecule has 1 rings (SSSR count). The Morgan fingerprint density at radius 2 is 1.73 bits per heavy atom. The second kappa shape index (κ2) is 5.47. The van der Waals surface area contributed by atoms with Gasteiger partial charge in [-0.2, -0.15) is 0 Å². The first-order chi connectivity index (χ1) is 6.99. The number of hydrogen-bond donors (Lipinski definition) is 0. The third kappa shape index (κ3) is 5.14. The first kappa shape index (κ1) is 12.5. The summed E-state index contributed by atoms with van der Waals surface area (Å²) < 4.78 is 6.00. The van der Waals surface area contributed by atoms with Gasteiger partial charge in [-0.3, -0.25) is 0 Å². The maximum Gasteiger partial charge on any atom is 0.187 e. The van der Waals surface area contributed by atoms with Crippen LogP contribution in [0.2, 0.25) is 19.1 Å². The molecule has 84 valence electrons. The zero-order chi connectivity index (χ0) is 11.3. The van der Waals surface area contributed by atoms with Crippen LogP contribution in [-0.2, 0) is 10.8 Å². The molecule has 0 aliphatic rings. The predicted molar refractivity (Wildman–Crippen MR) is 68.7 cm³/mol. The fourth-order valence-electron chi connectivity index (χ4n) is 1.79. The van der Waals surface area contributed by atoms with Crippen molar-refractivity contribution in [3.63, 3.8) is 0 Å². The Hall–Kier alpha value is -0.603. The van der Waals surface area contributed by atoms with Gasteiger partial charge in [-0.15, -0.1) is 0 Å². The van der Waals surface area contributed by atoms with E-state index in [0.717, 1.165) is 6.42 Å². The molecule has 1 aromatic carbocycles. The summed E-state index contributed by atoms with van der Waals surface area (Å²) in [6.07, 6.45) is 1.51. The molecule has 0 unspecified atom stereocenters. The lowest BCUT2D eigenvalue weighted by Gasteiger charge is -2.25. The molecule has 0 spiro atoms. The van der Waals surface area contributed by atoms with Crippen LogP contribution in [0, 0.1) is 0 Å². The van der Waals surface area contributed by atoms with E-state index in [2.05, 4.69) is 57.3 Å². The topological polar surface area (TPSA) is 9.23 Å². The minimum Gasteiger partial charge on any atom is -0.415 e.